The lowest BCUT2D eigenvalue weighted by molar-refractivity contribution is -0.122. The molecule has 2 aromatic rings. The third-order valence-corrected chi connectivity index (χ3v) is 5.91. The van der Waals surface area contributed by atoms with Gasteiger partial charge in [-0.1, -0.05) is 44.2 Å². The highest BCUT2D eigenvalue weighted by atomic mass is 16.2. The van der Waals surface area contributed by atoms with Crippen LogP contribution in [0, 0.1) is 17.8 Å². The van der Waals surface area contributed by atoms with E-state index in [-0.39, 0.29) is 35.5 Å². The van der Waals surface area contributed by atoms with Gasteiger partial charge >= 0.3 is 0 Å². The molecule has 0 bridgehead atoms. The Labute approximate surface area is 170 Å². The van der Waals surface area contributed by atoms with Crippen molar-refractivity contribution in [3.05, 3.63) is 71.8 Å². The highest BCUT2D eigenvalue weighted by Crippen LogP contribution is 2.40. The van der Waals surface area contributed by atoms with Crippen LogP contribution in [0.2, 0.25) is 0 Å². The third-order valence-electron chi connectivity index (χ3n) is 5.91. The monoisotopic (exact) mass is 388 g/mol. The SMILES string of the molecule is CCc1ccccc1NC(=O)c1ccc(N2C(=O)[C@H]3[C@H](C)C=CC[C@@H]3C2=O)cc1. The minimum Gasteiger partial charge on any atom is -0.322 e. The topological polar surface area (TPSA) is 66.5 Å². The summed E-state index contributed by atoms with van der Waals surface area (Å²) in [5.41, 5.74) is 2.86. The lowest BCUT2D eigenvalue weighted by Crippen LogP contribution is -2.31. The zero-order chi connectivity index (χ0) is 20.5. The third kappa shape index (κ3) is 3.37. The first-order valence-electron chi connectivity index (χ1n) is 10.0. The number of fused-ring (bicyclic) bond motifs is 1. The summed E-state index contributed by atoms with van der Waals surface area (Å²) in [6.45, 7) is 4.02. The number of amides is 3. The van der Waals surface area contributed by atoms with E-state index in [9.17, 15) is 14.4 Å². The van der Waals surface area contributed by atoms with E-state index in [4.69, 9.17) is 0 Å². The van der Waals surface area contributed by atoms with E-state index in [0.717, 1.165) is 17.7 Å². The Bertz CT molecular complexity index is 993. The van der Waals surface area contributed by atoms with Gasteiger partial charge in [-0.05, 0) is 54.7 Å². The van der Waals surface area contributed by atoms with Crippen LogP contribution >= 0.6 is 0 Å². The van der Waals surface area contributed by atoms with Gasteiger partial charge in [-0.15, -0.1) is 0 Å². The minimum atomic E-state index is -0.291. The van der Waals surface area contributed by atoms with E-state index in [1.807, 2.05) is 50.3 Å². The van der Waals surface area contributed by atoms with Crippen LogP contribution in [0.5, 0.6) is 0 Å². The van der Waals surface area contributed by atoms with Gasteiger partial charge in [0.15, 0.2) is 0 Å². The Kier molecular flexibility index (Phi) is 5.05. The highest BCUT2D eigenvalue weighted by molar-refractivity contribution is 6.22. The van der Waals surface area contributed by atoms with Crippen molar-refractivity contribution >= 4 is 29.1 Å². The zero-order valence-electron chi connectivity index (χ0n) is 16.6. The second-order valence-corrected chi connectivity index (χ2v) is 7.68. The number of benzene rings is 2. The summed E-state index contributed by atoms with van der Waals surface area (Å²) in [5.74, 6) is -1.03. The quantitative estimate of drug-likeness (QED) is 0.630. The molecule has 0 aromatic heterocycles. The molecule has 1 aliphatic carbocycles. The fourth-order valence-electron chi connectivity index (χ4n) is 4.31. The molecule has 5 nitrogen and oxygen atoms in total. The van der Waals surface area contributed by atoms with E-state index >= 15 is 0 Å². The van der Waals surface area contributed by atoms with Gasteiger partial charge in [-0.25, -0.2) is 0 Å². The molecule has 1 heterocycles. The Morgan fingerprint density at radius 1 is 1.07 bits per heavy atom. The maximum Gasteiger partial charge on any atom is 0.255 e. The number of allylic oxidation sites excluding steroid dienone is 2. The molecule has 1 aliphatic heterocycles. The van der Waals surface area contributed by atoms with Crippen LogP contribution in [0.25, 0.3) is 0 Å². The van der Waals surface area contributed by atoms with Crippen molar-refractivity contribution < 1.29 is 14.4 Å². The van der Waals surface area contributed by atoms with Crippen LogP contribution in [0.15, 0.2) is 60.7 Å². The van der Waals surface area contributed by atoms with E-state index in [1.54, 1.807) is 24.3 Å². The summed E-state index contributed by atoms with van der Waals surface area (Å²) >= 11 is 0. The van der Waals surface area contributed by atoms with Gasteiger partial charge in [0.1, 0.15) is 0 Å². The summed E-state index contributed by atoms with van der Waals surface area (Å²) in [6, 6.07) is 14.4. The van der Waals surface area contributed by atoms with Crippen molar-refractivity contribution in [2.45, 2.75) is 26.7 Å². The normalized spacial score (nSPS) is 23.2. The van der Waals surface area contributed by atoms with Crippen LogP contribution in [0.4, 0.5) is 11.4 Å². The largest absolute Gasteiger partial charge is 0.322 e. The molecule has 3 atom stereocenters. The van der Waals surface area contributed by atoms with E-state index < -0.39 is 0 Å². The number of hydrogen-bond acceptors (Lipinski definition) is 3. The Hall–Kier alpha value is -3.21. The molecule has 0 radical (unpaired) electrons. The van der Waals surface area contributed by atoms with Gasteiger partial charge in [0.2, 0.25) is 11.8 Å². The van der Waals surface area contributed by atoms with E-state index in [0.29, 0.717) is 17.7 Å². The minimum absolute atomic E-state index is 0.0545. The summed E-state index contributed by atoms with van der Waals surface area (Å²) < 4.78 is 0. The molecule has 148 valence electrons. The van der Waals surface area contributed by atoms with Crippen LogP contribution in [-0.2, 0) is 16.0 Å². The summed E-state index contributed by atoms with van der Waals surface area (Å²) in [7, 11) is 0. The second kappa shape index (κ2) is 7.66. The molecule has 0 unspecified atom stereocenters. The first kappa shape index (κ1) is 19.1. The van der Waals surface area contributed by atoms with Crippen LogP contribution in [0.1, 0.15) is 36.2 Å². The van der Waals surface area contributed by atoms with Gasteiger partial charge < -0.3 is 5.32 Å². The van der Waals surface area contributed by atoms with Crippen molar-refractivity contribution in [2.24, 2.45) is 17.8 Å². The second-order valence-electron chi connectivity index (χ2n) is 7.68. The maximum atomic E-state index is 12.9. The molecule has 5 heteroatoms. The fourth-order valence-corrected chi connectivity index (χ4v) is 4.31. The molecule has 0 spiro atoms. The van der Waals surface area contributed by atoms with Gasteiger partial charge in [-0.3, -0.25) is 19.3 Å². The zero-order valence-corrected chi connectivity index (χ0v) is 16.6. The molecule has 4 rings (SSSR count). The molecule has 3 amide bonds. The molecular formula is C24H24N2O3. The van der Waals surface area contributed by atoms with Gasteiger partial charge in [0, 0.05) is 11.3 Å². The van der Waals surface area contributed by atoms with E-state index in [2.05, 4.69) is 5.32 Å². The lowest BCUT2D eigenvalue weighted by Gasteiger charge is -2.22. The first-order valence-corrected chi connectivity index (χ1v) is 10.0. The van der Waals surface area contributed by atoms with Gasteiger partial charge in [0.25, 0.3) is 5.91 Å². The summed E-state index contributed by atoms with van der Waals surface area (Å²) in [6.07, 6.45) is 5.43. The standard InChI is InChI=1S/C24H24N2O3/c1-3-16-8-4-5-10-20(16)25-22(27)17-11-13-18(14-12-17)26-23(28)19-9-6-7-15(2)21(19)24(26)29/h4-8,10-15,19,21H,3,9H2,1-2H3,(H,25,27)/t15-,19+,21+/m1/s1. The van der Waals surface area contributed by atoms with Crippen LogP contribution < -0.4 is 10.2 Å². The maximum absolute atomic E-state index is 12.9. The molecule has 1 fully saturated rings. The number of hydrogen-bond donors (Lipinski definition) is 1. The molecular weight excluding hydrogens is 364 g/mol. The fraction of sp³-hybridized carbons (Fsp3) is 0.292. The Morgan fingerprint density at radius 3 is 2.48 bits per heavy atom. The predicted molar refractivity (Wildman–Crippen MR) is 113 cm³/mol. The lowest BCUT2D eigenvalue weighted by atomic mass is 9.78. The molecule has 2 aliphatic rings. The highest BCUT2D eigenvalue weighted by Gasteiger charge is 2.50. The van der Waals surface area contributed by atoms with E-state index in [1.165, 1.54) is 4.90 Å². The predicted octanol–water partition coefficient (Wildman–Crippen LogP) is 4.20. The Balaban J connectivity index is 1.53. The smallest absolute Gasteiger partial charge is 0.255 e. The number of nitrogens with one attached hydrogen (secondary N) is 1. The van der Waals surface area contributed by atoms with Crippen molar-refractivity contribution in [3.63, 3.8) is 0 Å². The number of anilines is 2. The molecule has 2 aromatic carbocycles. The number of nitrogens with zero attached hydrogens (tertiary/aromatic N) is 1. The first-order chi connectivity index (χ1) is 14.0. The molecule has 29 heavy (non-hydrogen) atoms. The van der Waals surface area contributed by atoms with Gasteiger partial charge in [-0.2, -0.15) is 0 Å². The van der Waals surface area contributed by atoms with Crippen molar-refractivity contribution in [1.82, 2.24) is 0 Å². The van der Waals surface area contributed by atoms with Crippen LogP contribution in [0.3, 0.4) is 0 Å². The number of carbonyl (C=O) groups excluding carboxylic acids is 3. The number of aryl methyl sites for hydroxylation is 1. The number of imide groups is 1. The molecule has 1 saturated heterocycles. The summed E-state index contributed by atoms with van der Waals surface area (Å²) in [5, 5.41) is 2.94. The van der Waals surface area contributed by atoms with Crippen molar-refractivity contribution in [3.8, 4) is 0 Å². The average Bonchev–Trinajstić information content (AvgIpc) is 3.00. The van der Waals surface area contributed by atoms with Crippen molar-refractivity contribution in [1.29, 1.82) is 0 Å². The average molecular weight is 388 g/mol. The van der Waals surface area contributed by atoms with Crippen molar-refractivity contribution in [2.75, 3.05) is 10.2 Å². The number of para-hydroxylation sites is 1. The van der Waals surface area contributed by atoms with Gasteiger partial charge in [0.05, 0.1) is 17.5 Å². The molecule has 0 saturated carbocycles. The Morgan fingerprint density at radius 2 is 1.79 bits per heavy atom. The molecule has 1 N–H and O–H groups in total. The number of rotatable bonds is 4. The summed E-state index contributed by atoms with van der Waals surface area (Å²) in [4.78, 5) is 39.6. The van der Waals surface area contributed by atoms with Crippen LogP contribution in [-0.4, -0.2) is 17.7 Å². The number of carbonyl (C=O) groups is 3.